The largest absolute Gasteiger partial charge is 0.481 e. The van der Waals surface area contributed by atoms with Crippen molar-refractivity contribution in [2.45, 2.75) is 26.3 Å². The Morgan fingerprint density at radius 3 is 2.94 bits per heavy atom. The number of carbonyl (C=O) groups is 1. The lowest BCUT2D eigenvalue weighted by Gasteiger charge is -2.26. The van der Waals surface area contributed by atoms with Crippen LogP contribution < -0.4 is 4.90 Å². The molecule has 6 nitrogen and oxygen atoms in total. The van der Waals surface area contributed by atoms with Gasteiger partial charge in [0.2, 0.25) is 5.95 Å². The summed E-state index contributed by atoms with van der Waals surface area (Å²) in [5.41, 5.74) is 0.274. The zero-order valence-electron chi connectivity index (χ0n) is 9.79. The van der Waals surface area contributed by atoms with Gasteiger partial charge in [0, 0.05) is 18.8 Å². The normalized spacial score (nSPS) is 11.6. The summed E-state index contributed by atoms with van der Waals surface area (Å²) in [6, 6.07) is 3.23. The number of hydrogen-bond acceptors (Lipinski definition) is 5. The Balaban J connectivity index is 2.93. The Morgan fingerprint density at radius 1 is 1.71 bits per heavy atom. The zero-order chi connectivity index (χ0) is 12.8. The summed E-state index contributed by atoms with van der Waals surface area (Å²) in [6.07, 6.45) is 1.50. The van der Waals surface area contributed by atoms with Gasteiger partial charge < -0.3 is 10.0 Å². The van der Waals surface area contributed by atoms with Gasteiger partial charge in [-0.3, -0.25) is 4.79 Å². The van der Waals surface area contributed by atoms with Crippen molar-refractivity contribution in [3.63, 3.8) is 0 Å². The lowest BCUT2D eigenvalue weighted by Crippen LogP contribution is -2.36. The summed E-state index contributed by atoms with van der Waals surface area (Å²) in [6.45, 7) is 4.27. The first kappa shape index (κ1) is 12.9. The number of carboxylic acid groups (broad SMARTS) is 1. The third-order valence-corrected chi connectivity index (χ3v) is 2.36. The Morgan fingerprint density at radius 2 is 2.41 bits per heavy atom. The third-order valence-electron chi connectivity index (χ3n) is 2.36. The second-order valence-electron chi connectivity index (χ2n) is 3.59. The molecule has 1 unspecified atom stereocenters. The number of carboxylic acids is 1. The highest BCUT2D eigenvalue weighted by Gasteiger charge is 2.18. The molecule has 0 radical (unpaired) electrons. The van der Waals surface area contributed by atoms with Crippen LogP contribution in [0.2, 0.25) is 0 Å². The molecular formula is C11H14N4O2. The van der Waals surface area contributed by atoms with E-state index in [1.165, 1.54) is 12.3 Å². The van der Waals surface area contributed by atoms with Crippen molar-refractivity contribution in [2.75, 3.05) is 11.4 Å². The second kappa shape index (κ2) is 5.80. The number of anilines is 1. The van der Waals surface area contributed by atoms with Crippen molar-refractivity contribution >= 4 is 11.9 Å². The molecule has 0 aromatic carbocycles. The van der Waals surface area contributed by atoms with Crippen LogP contribution in [-0.4, -0.2) is 33.6 Å². The van der Waals surface area contributed by atoms with Gasteiger partial charge in [0.25, 0.3) is 0 Å². The van der Waals surface area contributed by atoms with Crippen LogP contribution in [0.25, 0.3) is 0 Å². The summed E-state index contributed by atoms with van der Waals surface area (Å²) in [7, 11) is 0. The highest BCUT2D eigenvalue weighted by Crippen LogP contribution is 2.13. The molecule has 0 saturated heterocycles. The molecule has 0 spiro atoms. The van der Waals surface area contributed by atoms with E-state index in [1.54, 1.807) is 11.8 Å². The smallest absolute Gasteiger partial charge is 0.305 e. The van der Waals surface area contributed by atoms with Crippen LogP contribution in [0.15, 0.2) is 12.3 Å². The number of aromatic nitrogens is 2. The van der Waals surface area contributed by atoms with E-state index in [0.717, 1.165) is 0 Å². The minimum atomic E-state index is -0.868. The summed E-state index contributed by atoms with van der Waals surface area (Å²) in [5, 5.41) is 17.5. The minimum absolute atomic E-state index is 0.00792. The van der Waals surface area contributed by atoms with E-state index in [0.29, 0.717) is 12.5 Å². The van der Waals surface area contributed by atoms with Gasteiger partial charge in [0.15, 0.2) is 0 Å². The molecule has 0 aliphatic heterocycles. The maximum atomic E-state index is 10.7. The van der Waals surface area contributed by atoms with Gasteiger partial charge in [-0.05, 0) is 19.9 Å². The fraction of sp³-hybridized carbons (Fsp3) is 0.455. The first-order valence-electron chi connectivity index (χ1n) is 5.30. The van der Waals surface area contributed by atoms with E-state index in [1.807, 2.05) is 13.0 Å². The van der Waals surface area contributed by atoms with Crippen LogP contribution >= 0.6 is 0 Å². The van der Waals surface area contributed by atoms with Crippen molar-refractivity contribution in [1.29, 1.82) is 5.26 Å². The minimum Gasteiger partial charge on any atom is -0.481 e. The molecule has 0 saturated carbocycles. The van der Waals surface area contributed by atoms with Crippen LogP contribution in [-0.2, 0) is 4.79 Å². The van der Waals surface area contributed by atoms with E-state index >= 15 is 0 Å². The SMILES string of the molecule is CCN(c1nccc(C#N)n1)C(C)CC(=O)O. The maximum Gasteiger partial charge on any atom is 0.305 e. The second-order valence-corrected chi connectivity index (χ2v) is 3.59. The highest BCUT2D eigenvalue weighted by molar-refractivity contribution is 5.68. The number of rotatable bonds is 5. The van der Waals surface area contributed by atoms with Crippen LogP contribution in [0.1, 0.15) is 26.0 Å². The summed E-state index contributed by atoms with van der Waals surface area (Å²) < 4.78 is 0. The molecule has 1 aromatic heterocycles. The van der Waals surface area contributed by atoms with Crippen molar-refractivity contribution in [1.82, 2.24) is 9.97 Å². The quantitative estimate of drug-likeness (QED) is 0.818. The lowest BCUT2D eigenvalue weighted by molar-refractivity contribution is -0.137. The Labute approximate surface area is 99.5 Å². The molecule has 0 bridgehead atoms. The predicted octanol–water partition coefficient (Wildman–Crippen LogP) is 1.04. The van der Waals surface area contributed by atoms with Crippen LogP contribution in [0.4, 0.5) is 5.95 Å². The first-order valence-corrected chi connectivity index (χ1v) is 5.30. The molecule has 1 heterocycles. The first-order chi connectivity index (χ1) is 8.08. The molecule has 1 rings (SSSR count). The molecule has 6 heteroatoms. The summed E-state index contributed by atoms with van der Waals surface area (Å²) in [4.78, 5) is 20.5. The average Bonchev–Trinajstić information content (AvgIpc) is 2.29. The maximum absolute atomic E-state index is 10.7. The van der Waals surface area contributed by atoms with E-state index in [4.69, 9.17) is 10.4 Å². The number of hydrogen-bond donors (Lipinski definition) is 1. The van der Waals surface area contributed by atoms with Gasteiger partial charge in [0.1, 0.15) is 11.8 Å². The monoisotopic (exact) mass is 234 g/mol. The van der Waals surface area contributed by atoms with Crippen molar-refractivity contribution in [3.8, 4) is 6.07 Å². The van der Waals surface area contributed by atoms with Gasteiger partial charge in [-0.15, -0.1) is 0 Å². The van der Waals surface area contributed by atoms with E-state index in [2.05, 4.69) is 9.97 Å². The molecule has 0 aliphatic rings. The lowest BCUT2D eigenvalue weighted by atomic mass is 10.2. The van der Waals surface area contributed by atoms with Crippen LogP contribution in [0.5, 0.6) is 0 Å². The Bertz CT molecular complexity index is 441. The fourth-order valence-electron chi connectivity index (χ4n) is 1.56. The van der Waals surface area contributed by atoms with Crippen LogP contribution in [0.3, 0.4) is 0 Å². The molecule has 1 N–H and O–H groups in total. The summed E-state index contributed by atoms with van der Waals surface area (Å²) in [5.74, 6) is -0.479. The summed E-state index contributed by atoms with van der Waals surface area (Å²) >= 11 is 0. The highest BCUT2D eigenvalue weighted by atomic mass is 16.4. The van der Waals surface area contributed by atoms with Gasteiger partial charge in [-0.1, -0.05) is 0 Å². The zero-order valence-corrected chi connectivity index (χ0v) is 9.79. The topological polar surface area (TPSA) is 90.1 Å². The van der Waals surface area contributed by atoms with Crippen LogP contribution in [0, 0.1) is 11.3 Å². The Kier molecular flexibility index (Phi) is 4.40. The van der Waals surface area contributed by atoms with E-state index in [-0.39, 0.29) is 18.2 Å². The molecule has 1 aromatic rings. The van der Waals surface area contributed by atoms with Gasteiger partial charge in [-0.25, -0.2) is 9.97 Å². The molecule has 0 aliphatic carbocycles. The third kappa shape index (κ3) is 3.41. The number of nitrogens with zero attached hydrogens (tertiary/aromatic N) is 4. The number of nitriles is 1. The fourth-order valence-corrected chi connectivity index (χ4v) is 1.56. The van der Waals surface area contributed by atoms with E-state index in [9.17, 15) is 4.79 Å². The molecule has 17 heavy (non-hydrogen) atoms. The Hall–Kier alpha value is -2.16. The standard InChI is InChI=1S/C11H14N4O2/c1-3-15(8(2)6-10(16)17)11-13-5-4-9(7-12)14-11/h4-5,8H,3,6H2,1-2H3,(H,16,17). The molecule has 1 atom stereocenters. The van der Waals surface area contributed by atoms with Gasteiger partial charge >= 0.3 is 5.97 Å². The molecule has 0 amide bonds. The molecule has 0 fully saturated rings. The van der Waals surface area contributed by atoms with E-state index < -0.39 is 5.97 Å². The van der Waals surface area contributed by atoms with Crippen molar-refractivity contribution < 1.29 is 9.90 Å². The number of aliphatic carboxylic acids is 1. The van der Waals surface area contributed by atoms with Gasteiger partial charge in [0.05, 0.1) is 6.42 Å². The van der Waals surface area contributed by atoms with Gasteiger partial charge in [-0.2, -0.15) is 5.26 Å². The average molecular weight is 234 g/mol. The molecule has 90 valence electrons. The predicted molar refractivity (Wildman–Crippen MR) is 61.5 cm³/mol. The molecular weight excluding hydrogens is 220 g/mol. The van der Waals surface area contributed by atoms with Crippen molar-refractivity contribution in [2.24, 2.45) is 0 Å². The van der Waals surface area contributed by atoms with Crippen molar-refractivity contribution in [3.05, 3.63) is 18.0 Å².